The van der Waals surface area contributed by atoms with E-state index in [-0.39, 0.29) is 11.6 Å². The van der Waals surface area contributed by atoms with Gasteiger partial charge in [0.25, 0.3) is 5.91 Å². The number of hydrogen-bond acceptors (Lipinski definition) is 5. The molecule has 0 fully saturated rings. The first-order chi connectivity index (χ1) is 13.2. The van der Waals surface area contributed by atoms with E-state index in [1.165, 1.54) is 12.3 Å². The highest BCUT2D eigenvalue weighted by atomic mass is 16.3. The van der Waals surface area contributed by atoms with E-state index in [1.807, 2.05) is 24.3 Å². The molecule has 4 aromatic rings. The van der Waals surface area contributed by atoms with Crippen LogP contribution in [0.2, 0.25) is 0 Å². The molecule has 0 aliphatic heterocycles. The lowest BCUT2D eigenvalue weighted by Crippen LogP contribution is -2.15. The van der Waals surface area contributed by atoms with Crippen molar-refractivity contribution in [1.29, 1.82) is 5.26 Å². The molecule has 0 saturated carbocycles. The van der Waals surface area contributed by atoms with Crippen LogP contribution in [0, 0.1) is 11.3 Å². The summed E-state index contributed by atoms with van der Waals surface area (Å²) < 4.78 is 5.12. The average molecular weight is 355 g/mol. The lowest BCUT2D eigenvalue weighted by molar-refractivity contribution is 0.102. The number of carbonyl (C=O) groups is 1. The Morgan fingerprint density at radius 1 is 1.33 bits per heavy atom. The highest BCUT2D eigenvalue weighted by Gasteiger charge is 2.15. The monoisotopic (exact) mass is 355 g/mol. The van der Waals surface area contributed by atoms with Crippen LogP contribution < -0.4 is 5.32 Å². The van der Waals surface area contributed by atoms with Crippen molar-refractivity contribution in [2.45, 2.75) is 0 Å². The van der Waals surface area contributed by atoms with E-state index < -0.39 is 0 Å². The Bertz CT molecular complexity index is 1200. The molecule has 27 heavy (non-hydrogen) atoms. The Kier molecular flexibility index (Phi) is 3.99. The van der Waals surface area contributed by atoms with Crippen LogP contribution in [-0.2, 0) is 0 Å². The molecular weight excluding hydrogens is 342 g/mol. The van der Waals surface area contributed by atoms with Crippen LogP contribution in [0.25, 0.3) is 28.2 Å². The number of H-pyrrole nitrogens is 1. The first-order valence-corrected chi connectivity index (χ1v) is 8.04. The molecule has 0 aliphatic carbocycles. The van der Waals surface area contributed by atoms with Crippen LogP contribution in [0.4, 0.5) is 5.69 Å². The van der Waals surface area contributed by atoms with E-state index in [4.69, 9.17) is 9.68 Å². The van der Waals surface area contributed by atoms with Crippen molar-refractivity contribution in [2.75, 3.05) is 5.32 Å². The number of pyridine rings is 1. The molecule has 7 nitrogen and oxygen atoms in total. The van der Waals surface area contributed by atoms with Crippen LogP contribution in [0.3, 0.4) is 0 Å². The number of fused-ring (bicyclic) bond motifs is 1. The number of nitrogens with one attached hydrogen (secondary N) is 2. The third-order valence-corrected chi connectivity index (χ3v) is 4.10. The van der Waals surface area contributed by atoms with Crippen molar-refractivity contribution in [1.82, 2.24) is 15.2 Å². The quantitative estimate of drug-likeness (QED) is 0.575. The molecule has 0 saturated heterocycles. The van der Waals surface area contributed by atoms with Crippen molar-refractivity contribution in [3.63, 3.8) is 0 Å². The minimum absolute atomic E-state index is 0.200. The number of hydrogen-bond donors (Lipinski definition) is 2. The number of rotatable bonds is 4. The van der Waals surface area contributed by atoms with Crippen molar-refractivity contribution < 1.29 is 9.21 Å². The number of nitriles is 1. The summed E-state index contributed by atoms with van der Waals surface area (Å²) in [6.45, 7) is 3.68. The van der Waals surface area contributed by atoms with Gasteiger partial charge in [0.2, 0.25) is 0 Å². The van der Waals surface area contributed by atoms with Gasteiger partial charge in [-0.25, -0.2) is 4.98 Å². The second-order valence-electron chi connectivity index (χ2n) is 5.78. The molecule has 3 aromatic heterocycles. The van der Waals surface area contributed by atoms with Gasteiger partial charge in [0.05, 0.1) is 23.6 Å². The van der Waals surface area contributed by atoms with E-state index >= 15 is 0 Å². The Balaban J connectivity index is 1.68. The summed E-state index contributed by atoms with van der Waals surface area (Å²) in [5, 5.41) is 19.9. The van der Waals surface area contributed by atoms with Gasteiger partial charge in [-0.3, -0.25) is 9.89 Å². The Labute approximate surface area is 154 Å². The number of furan rings is 1. The topological polar surface area (TPSA) is 108 Å². The van der Waals surface area contributed by atoms with Gasteiger partial charge >= 0.3 is 0 Å². The lowest BCUT2D eigenvalue weighted by Gasteiger charge is -2.08. The van der Waals surface area contributed by atoms with E-state index in [2.05, 4.69) is 27.1 Å². The third-order valence-electron chi connectivity index (χ3n) is 4.10. The third kappa shape index (κ3) is 2.96. The first-order valence-electron chi connectivity index (χ1n) is 8.04. The molecule has 0 radical (unpaired) electrons. The number of carbonyl (C=O) groups excluding carboxylic acids is 1. The highest BCUT2D eigenvalue weighted by Crippen LogP contribution is 2.29. The largest absolute Gasteiger partial charge is 0.472 e. The number of anilines is 1. The molecule has 4 rings (SSSR count). The summed E-state index contributed by atoms with van der Waals surface area (Å²) in [5.74, 6) is -0.387. The molecule has 1 amide bonds. The van der Waals surface area contributed by atoms with Gasteiger partial charge in [-0.15, -0.1) is 0 Å². The van der Waals surface area contributed by atoms with E-state index in [0.717, 1.165) is 22.2 Å². The van der Waals surface area contributed by atoms with Gasteiger partial charge in [0.1, 0.15) is 17.5 Å². The summed E-state index contributed by atoms with van der Waals surface area (Å²) in [6, 6.07) is 10.8. The number of benzene rings is 1. The molecule has 3 heterocycles. The summed E-state index contributed by atoms with van der Waals surface area (Å²) >= 11 is 0. The Morgan fingerprint density at radius 3 is 2.96 bits per heavy atom. The van der Waals surface area contributed by atoms with Crippen LogP contribution in [0.1, 0.15) is 21.6 Å². The summed E-state index contributed by atoms with van der Waals surface area (Å²) in [4.78, 5) is 16.7. The second kappa shape index (κ2) is 6.61. The molecule has 0 bridgehead atoms. The normalized spacial score (nSPS) is 10.5. The van der Waals surface area contributed by atoms with Crippen molar-refractivity contribution in [2.24, 2.45) is 0 Å². The van der Waals surface area contributed by atoms with Crippen LogP contribution in [0.5, 0.6) is 0 Å². The minimum Gasteiger partial charge on any atom is -0.472 e. The number of aromatic amines is 1. The van der Waals surface area contributed by atoms with Crippen molar-refractivity contribution in [3.05, 3.63) is 72.5 Å². The van der Waals surface area contributed by atoms with Crippen LogP contribution >= 0.6 is 0 Å². The van der Waals surface area contributed by atoms with Crippen LogP contribution in [0.15, 0.2) is 60.1 Å². The fraction of sp³-hybridized carbons (Fsp3) is 0. The van der Waals surface area contributed by atoms with Gasteiger partial charge in [-0.05, 0) is 30.3 Å². The lowest BCUT2D eigenvalue weighted by atomic mass is 10.1. The fourth-order valence-electron chi connectivity index (χ4n) is 2.79. The van der Waals surface area contributed by atoms with Gasteiger partial charge < -0.3 is 9.73 Å². The summed E-state index contributed by atoms with van der Waals surface area (Å²) in [5.41, 5.74) is 4.07. The molecule has 1 aromatic carbocycles. The zero-order valence-electron chi connectivity index (χ0n) is 14.1. The number of aromatic nitrogens is 3. The maximum atomic E-state index is 12.6. The first kappa shape index (κ1) is 16.3. The molecule has 2 N–H and O–H groups in total. The van der Waals surface area contributed by atoms with Gasteiger partial charge in [0.15, 0.2) is 0 Å². The van der Waals surface area contributed by atoms with Gasteiger partial charge in [0, 0.05) is 28.4 Å². The van der Waals surface area contributed by atoms with Gasteiger partial charge in [-0.2, -0.15) is 10.4 Å². The van der Waals surface area contributed by atoms with Crippen molar-refractivity contribution in [3.8, 4) is 17.3 Å². The maximum absolute atomic E-state index is 12.6. The Morgan fingerprint density at radius 2 is 2.22 bits per heavy atom. The number of nitrogens with zero attached hydrogens (tertiary/aromatic N) is 3. The number of amides is 1. The SMILES string of the molecule is C=Cc1cc(C#N)cnc1C(=O)Nc1ccc2[nH]nc(-c3ccoc3)c2c1. The standard InChI is InChI=1S/C20H13N5O2/c1-2-13-7-12(9-21)10-22-19(13)20(26)23-15-3-4-17-16(8-15)18(25-24-17)14-5-6-27-11-14/h2-8,10-11H,1H2,(H,23,26)(H,24,25). The fourth-order valence-corrected chi connectivity index (χ4v) is 2.79. The average Bonchev–Trinajstić information content (AvgIpc) is 3.36. The summed E-state index contributed by atoms with van der Waals surface area (Å²) in [6.07, 6.45) is 6.05. The van der Waals surface area contributed by atoms with E-state index in [1.54, 1.807) is 24.7 Å². The van der Waals surface area contributed by atoms with Gasteiger partial charge in [-0.1, -0.05) is 12.7 Å². The van der Waals surface area contributed by atoms with Crippen molar-refractivity contribution >= 4 is 28.6 Å². The molecule has 0 spiro atoms. The predicted octanol–water partition coefficient (Wildman–Crippen LogP) is 3.98. The Hall–Kier alpha value is -4.18. The zero-order valence-corrected chi connectivity index (χ0v) is 14.1. The minimum atomic E-state index is -0.387. The maximum Gasteiger partial charge on any atom is 0.274 e. The smallest absolute Gasteiger partial charge is 0.274 e. The van der Waals surface area contributed by atoms with Crippen LogP contribution in [-0.4, -0.2) is 21.1 Å². The second-order valence-corrected chi connectivity index (χ2v) is 5.78. The molecule has 7 heteroatoms. The molecule has 0 unspecified atom stereocenters. The highest BCUT2D eigenvalue weighted by molar-refractivity contribution is 6.06. The predicted molar refractivity (Wildman–Crippen MR) is 101 cm³/mol. The summed E-state index contributed by atoms with van der Waals surface area (Å²) in [7, 11) is 0. The zero-order chi connectivity index (χ0) is 18.8. The van der Waals surface area contributed by atoms with E-state index in [9.17, 15) is 4.79 Å². The van der Waals surface area contributed by atoms with E-state index in [0.29, 0.717) is 16.8 Å². The molecule has 130 valence electrons. The molecule has 0 aliphatic rings. The molecular formula is C20H13N5O2. The molecule has 0 atom stereocenters.